The fourth-order valence-corrected chi connectivity index (χ4v) is 2.63. The molecule has 3 rings (SSSR count). The molecule has 0 radical (unpaired) electrons. The van der Waals surface area contributed by atoms with Crippen molar-refractivity contribution in [1.82, 2.24) is 4.98 Å². The third kappa shape index (κ3) is 4.44. The minimum atomic E-state index is -0.579. The number of amides is 2. The molecule has 142 valence electrons. The highest BCUT2D eigenvalue weighted by Gasteiger charge is 2.17. The smallest absolute Gasteiger partial charge is 0.274 e. The van der Waals surface area contributed by atoms with Gasteiger partial charge >= 0.3 is 0 Å². The summed E-state index contributed by atoms with van der Waals surface area (Å²) in [5.41, 5.74) is 0.643. The van der Waals surface area contributed by atoms with Gasteiger partial charge in [0.25, 0.3) is 11.8 Å². The molecule has 2 aromatic carbocycles. The van der Waals surface area contributed by atoms with Crippen molar-refractivity contribution in [1.29, 1.82) is 0 Å². The maximum atomic E-state index is 13.7. The van der Waals surface area contributed by atoms with E-state index in [-0.39, 0.29) is 22.6 Å². The van der Waals surface area contributed by atoms with Crippen LogP contribution in [0.5, 0.6) is 5.75 Å². The van der Waals surface area contributed by atoms with E-state index in [0.29, 0.717) is 10.8 Å². The molecular formula is C20H15ClFN3O3. The van der Waals surface area contributed by atoms with Gasteiger partial charge in [-0.15, -0.1) is 0 Å². The van der Waals surface area contributed by atoms with E-state index in [1.807, 2.05) is 0 Å². The molecule has 1 aromatic heterocycles. The molecule has 0 unspecified atom stereocenters. The second kappa shape index (κ2) is 8.49. The number of anilines is 2. The van der Waals surface area contributed by atoms with Crippen molar-refractivity contribution in [2.24, 2.45) is 0 Å². The third-order valence-electron chi connectivity index (χ3n) is 3.78. The number of nitrogens with zero attached hydrogens (tertiary/aromatic N) is 1. The van der Waals surface area contributed by atoms with Crippen LogP contribution in [-0.2, 0) is 0 Å². The van der Waals surface area contributed by atoms with Crippen LogP contribution in [0.1, 0.15) is 20.8 Å². The third-order valence-corrected chi connectivity index (χ3v) is 4.02. The van der Waals surface area contributed by atoms with Crippen LogP contribution < -0.4 is 15.4 Å². The molecule has 3 aromatic rings. The number of nitrogens with one attached hydrogen (secondary N) is 2. The Labute approximate surface area is 165 Å². The topological polar surface area (TPSA) is 80.3 Å². The Morgan fingerprint density at radius 1 is 1.00 bits per heavy atom. The molecule has 0 fully saturated rings. The van der Waals surface area contributed by atoms with Crippen LogP contribution in [0, 0.1) is 5.82 Å². The molecule has 0 aliphatic heterocycles. The van der Waals surface area contributed by atoms with E-state index >= 15 is 0 Å². The SMILES string of the molecule is COc1ccc(Cl)cc1C(=O)Nc1cc(F)ccc1NC(=O)c1ccccn1. The summed E-state index contributed by atoms with van der Waals surface area (Å²) in [7, 11) is 1.42. The van der Waals surface area contributed by atoms with E-state index < -0.39 is 17.6 Å². The van der Waals surface area contributed by atoms with Crippen LogP contribution in [0.15, 0.2) is 60.8 Å². The first-order valence-corrected chi connectivity index (χ1v) is 8.52. The zero-order valence-corrected chi connectivity index (χ0v) is 15.5. The summed E-state index contributed by atoms with van der Waals surface area (Å²) >= 11 is 5.95. The second-order valence-corrected chi connectivity index (χ2v) is 6.09. The van der Waals surface area contributed by atoms with Crippen molar-refractivity contribution >= 4 is 34.8 Å². The van der Waals surface area contributed by atoms with E-state index in [0.717, 1.165) is 6.07 Å². The maximum absolute atomic E-state index is 13.7. The van der Waals surface area contributed by atoms with Gasteiger partial charge in [-0.3, -0.25) is 14.6 Å². The number of methoxy groups -OCH3 is 1. The number of hydrogen-bond acceptors (Lipinski definition) is 4. The highest BCUT2D eigenvalue weighted by molar-refractivity contribution is 6.31. The molecule has 2 amide bonds. The first kappa shape index (κ1) is 19.3. The van der Waals surface area contributed by atoms with Crippen molar-refractivity contribution in [2.75, 3.05) is 17.7 Å². The quantitative estimate of drug-likeness (QED) is 0.667. The molecular weight excluding hydrogens is 385 g/mol. The molecule has 0 aliphatic carbocycles. The van der Waals surface area contributed by atoms with Crippen LogP contribution in [0.3, 0.4) is 0 Å². The molecule has 28 heavy (non-hydrogen) atoms. The molecule has 2 N–H and O–H groups in total. The van der Waals surface area contributed by atoms with Crippen LogP contribution in [-0.4, -0.2) is 23.9 Å². The summed E-state index contributed by atoms with van der Waals surface area (Å²) in [4.78, 5) is 29.0. The minimum absolute atomic E-state index is 0.0799. The highest BCUT2D eigenvalue weighted by Crippen LogP contribution is 2.27. The largest absolute Gasteiger partial charge is 0.496 e. The molecule has 0 aliphatic rings. The molecule has 0 atom stereocenters. The van der Waals surface area contributed by atoms with E-state index in [4.69, 9.17) is 16.3 Å². The average molecular weight is 400 g/mol. The Bertz CT molecular complexity index is 1030. The number of rotatable bonds is 5. The monoisotopic (exact) mass is 399 g/mol. The van der Waals surface area contributed by atoms with Crippen LogP contribution in [0.4, 0.5) is 15.8 Å². The number of pyridine rings is 1. The summed E-state index contributed by atoms with van der Waals surface area (Å²) in [5.74, 6) is -1.34. The molecule has 0 saturated carbocycles. The summed E-state index contributed by atoms with van der Waals surface area (Å²) in [6.07, 6.45) is 1.48. The van der Waals surface area contributed by atoms with Crippen molar-refractivity contribution < 1.29 is 18.7 Å². The van der Waals surface area contributed by atoms with E-state index in [2.05, 4.69) is 15.6 Å². The number of carbonyl (C=O) groups is 2. The summed E-state index contributed by atoms with van der Waals surface area (Å²) in [5, 5.41) is 5.53. The van der Waals surface area contributed by atoms with E-state index in [9.17, 15) is 14.0 Å². The maximum Gasteiger partial charge on any atom is 0.274 e. The van der Waals surface area contributed by atoms with Crippen LogP contribution in [0.2, 0.25) is 5.02 Å². The van der Waals surface area contributed by atoms with Gasteiger partial charge in [0.2, 0.25) is 0 Å². The summed E-state index contributed by atoms with van der Waals surface area (Å²) in [6.45, 7) is 0. The van der Waals surface area contributed by atoms with Crippen molar-refractivity contribution in [2.45, 2.75) is 0 Å². The van der Waals surface area contributed by atoms with Crippen LogP contribution in [0.25, 0.3) is 0 Å². The minimum Gasteiger partial charge on any atom is -0.496 e. The highest BCUT2D eigenvalue weighted by atomic mass is 35.5. The predicted octanol–water partition coefficient (Wildman–Crippen LogP) is 4.39. The number of carbonyl (C=O) groups excluding carboxylic acids is 2. The molecule has 8 heteroatoms. The Morgan fingerprint density at radius 2 is 1.79 bits per heavy atom. The Morgan fingerprint density at radius 3 is 2.50 bits per heavy atom. The number of hydrogen-bond donors (Lipinski definition) is 2. The van der Waals surface area contributed by atoms with Gasteiger partial charge in [-0.05, 0) is 48.5 Å². The lowest BCUT2D eigenvalue weighted by Crippen LogP contribution is -2.18. The predicted molar refractivity (Wildman–Crippen MR) is 105 cm³/mol. The Balaban J connectivity index is 1.88. The molecule has 1 heterocycles. The molecule has 0 saturated heterocycles. The normalized spacial score (nSPS) is 10.2. The summed E-state index contributed by atoms with van der Waals surface area (Å²) < 4.78 is 18.9. The van der Waals surface area contributed by atoms with Gasteiger partial charge < -0.3 is 15.4 Å². The molecule has 0 bridgehead atoms. The standard InChI is InChI=1S/C20H15ClFN3O3/c1-28-18-8-5-12(21)10-14(18)19(26)25-17-11-13(22)6-7-15(17)24-20(27)16-4-2-3-9-23-16/h2-11H,1H3,(H,24,27)(H,25,26). The van der Waals surface area contributed by atoms with Crippen molar-refractivity contribution in [3.63, 3.8) is 0 Å². The first-order valence-electron chi connectivity index (χ1n) is 8.15. The lowest BCUT2D eigenvalue weighted by atomic mass is 10.1. The fourth-order valence-electron chi connectivity index (χ4n) is 2.46. The Hall–Kier alpha value is -3.45. The van der Waals surface area contributed by atoms with Gasteiger partial charge in [-0.25, -0.2) is 4.39 Å². The fraction of sp³-hybridized carbons (Fsp3) is 0.0500. The number of aromatic nitrogens is 1. The van der Waals surface area contributed by atoms with Crippen molar-refractivity contribution in [3.8, 4) is 5.75 Å². The van der Waals surface area contributed by atoms with Crippen molar-refractivity contribution in [3.05, 3.63) is 82.9 Å². The first-order chi connectivity index (χ1) is 13.5. The number of benzene rings is 2. The summed E-state index contributed by atoms with van der Waals surface area (Å²) in [6, 6.07) is 13.1. The average Bonchev–Trinajstić information content (AvgIpc) is 2.70. The zero-order valence-electron chi connectivity index (χ0n) is 14.7. The Kier molecular flexibility index (Phi) is 5.86. The molecule has 0 spiro atoms. The van der Waals surface area contributed by atoms with Gasteiger partial charge in [0.05, 0.1) is 24.0 Å². The van der Waals surface area contributed by atoms with E-state index in [1.165, 1.54) is 37.6 Å². The zero-order chi connectivity index (χ0) is 20.1. The molecule has 6 nitrogen and oxygen atoms in total. The van der Waals surface area contributed by atoms with Gasteiger partial charge in [0.15, 0.2) is 0 Å². The van der Waals surface area contributed by atoms with Gasteiger partial charge in [-0.1, -0.05) is 17.7 Å². The second-order valence-electron chi connectivity index (χ2n) is 5.66. The lowest BCUT2D eigenvalue weighted by molar-refractivity contribution is 0.101. The number of ether oxygens (including phenoxy) is 1. The van der Waals surface area contributed by atoms with Gasteiger partial charge in [0, 0.05) is 11.2 Å². The lowest BCUT2D eigenvalue weighted by Gasteiger charge is -2.14. The van der Waals surface area contributed by atoms with Gasteiger partial charge in [0.1, 0.15) is 17.3 Å². The van der Waals surface area contributed by atoms with E-state index in [1.54, 1.807) is 24.3 Å². The van der Waals surface area contributed by atoms with Gasteiger partial charge in [-0.2, -0.15) is 0 Å². The number of halogens is 2. The van der Waals surface area contributed by atoms with Crippen LogP contribution >= 0.6 is 11.6 Å².